The van der Waals surface area contributed by atoms with Crippen LogP contribution in [0.5, 0.6) is 0 Å². The van der Waals surface area contributed by atoms with Crippen LogP contribution in [0.3, 0.4) is 0 Å². The van der Waals surface area contributed by atoms with Crippen LogP contribution < -0.4 is 5.32 Å². The summed E-state index contributed by atoms with van der Waals surface area (Å²) in [7, 11) is 0. The molecule has 96 valence electrons. The maximum Gasteiger partial charge on any atom is 0.0992 e. The van der Waals surface area contributed by atoms with E-state index in [-0.39, 0.29) is 0 Å². The molecule has 2 aromatic heterocycles. The van der Waals surface area contributed by atoms with E-state index < -0.39 is 0 Å². The van der Waals surface area contributed by atoms with Gasteiger partial charge in [-0.05, 0) is 39.5 Å². The van der Waals surface area contributed by atoms with Gasteiger partial charge in [0.05, 0.1) is 24.2 Å². The number of aromatic nitrogens is 2. The molecule has 5 heteroatoms. The highest BCUT2D eigenvalue weighted by Gasteiger charge is 2.05. The normalized spacial score (nSPS) is 10.6. The van der Waals surface area contributed by atoms with Crippen molar-refractivity contribution in [2.75, 3.05) is 5.32 Å². The van der Waals surface area contributed by atoms with Crippen LogP contribution >= 0.6 is 27.3 Å². The molecule has 1 aromatic carbocycles. The molecule has 2 heterocycles. The molecule has 0 aliphatic carbocycles. The summed E-state index contributed by atoms with van der Waals surface area (Å²) in [6.45, 7) is 0.809. The number of hydrogen-bond donors (Lipinski definition) is 1. The molecule has 0 aliphatic heterocycles. The van der Waals surface area contributed by atoms with E-state index in [2.05, 4.69) is 49.8 Å². The molecular weight excluding hydrogens is 322 g/mol. The molecular formula is C14H12BrN3S. The van der Waals surface area contributed by atoms with Crippen LogP contribution in [-0.4, -0.2) is 9.55 Å². The zero-order chi connectivity index (χ0) is 13.1. The van der Waals surface area contributed by atoms with Crippen molar-refractivity contribution in [2.24, 2.45) is 0 Å². The fourth-order valence-electron chi connectivity index (χ4n) is 1.88. The van der Waals surface area contributed by atoms with Crippen LogP contribution in [0.4, 0.5) is 5.69 Å². The van der Waals surface area contributed by atoms with Crippen LogP contribution in [-0.2, 0) is 6.54 Å². The number of nitrogens with zero attached hydrogens (tertiary/aromatic N) is 2. The first-order valence-corrected chi connectivity index (χ1v) is 7.55. The summed E-state index contributed by atoms with van der Waals surface area (Å²) in [4.78, 5) is 5.39. The predicted molar refractivity (Wildman–Crippen MR) is 82.9 cm³/mol. The Morgan fingerprint density at radius 3 is 2.89 bits per heavy atom. The Bertz CT molecular complexity index is 661. The third-order valence-corrected chi connectivity index (χ3v) is 4.74. The summed E-state index contributed by atoms with van der Waals surface area (Å²) in [6, 6.07) is 10.3. The molecule has 0 spiro atoms. The Kier molecular flexibility index (Phi) is 3.66. The van der Waals surface area contributed by atoms with Crippen LogP contribution in [0.15, 0.2) is 58.9 Å². The summed E-state index contributed by atoms with van der Waals surface area (Å²) >= 11 is 5.30. The minimum atomic E-state index is 0.809. The molecule has 0 atom stereocenters. The van der Waals surface area contributed by atoms with Crippen molar-refractivity contribution in [1.82, 2.24) is 9.55 Å². The lowest BCUT2D eigenvalue weighted by atomic mass is 10.2. The number of thiophene rings is 1. The zero-order valence-corrected chi connectivity index (χ0v) is 12.5. The van der Waals surface area contributed by atoms with Gasteiger partial charge in [0.15, 0.2) is 0 Å². The third kappa shape index (κ3) is 2.72. The van der Waals surface area contributed by atoms with Crippen LogP contribution in [0.25, 0.3) is 5.69 Å². The van der Waals surface area contributed by atoms with Gasteiger partial charge in [-0.2, -0.15) is 0 Å². The third-order valence-electron chi connectivity index (χ3n) is 2.82. The second-order valence-corrected chi connectivity index (χ2v) is 5.89. The Hall–Kier alpha value is -1.59. The Balaban J connectivity index is 1.84. The van der Waals surface area contributed by atoms with Crippen molar-refractivity contribution in [2.45, 2.75) is 6.54 Å². The summed E-state index contributed by atoms with van der Waals surface area (Å²) in [6.07, 6.45) is 5.54. The fourth-order valence-corrected chi connectivity index (χ4v) is 3.31. The van der Waals surface area contributed by atoms with Crippen molar-refractivity contribution in [1.29, 1.82) is 0 Å². The molecule has 0 bridgehead atoms. The monoisotopic (exact) mass is 333 g/mol. The van der Waals surface area contributed by atoms with Crippen LogP contribution in [0, 0.1) is 0 Å². The SMILES string of the molecule is Brc1ccsc1CNc1ccccc1-n1ccnc1. The van der Waals surface area contributed by atoms with E-state index in [0.29, 0.717) is 0 Å². The second-order valence-electron chi connectivity index (χ2n) is 4.03. The zero-order valence-electron chi connectivity index (χ0n) is 10.1. The average molecular weight is 334 g/mol. The van der Waals surface area contributed by atoms with E-state index in [1.54, 1.807) is 17.5 Å². The molecule has 0 unspecified atom stereocenters. The number of hydrogen-bond acceptors (Lipinski definition) is 3. The van der Waals surface area contributed by atoms with Crippen molar-refractivity contribution in [3.8, 4) is 5.69 Å². The number of rotatable bonds is 4. The van der Waals surface area contributed by atoms with Gasteiger partial charge in [0, 0.05) is 21.7 Å². The summed E-state index contributed by atoms with van der Waals surface area (Å²) < 4.78 is 3.16. The summed E-state index contributed by atoms with van der Waals surface area (Å²) in [5.74, 6) is 0. The lowest BCUT2D eigenvalue weighted by molar-refractivity contribution is 1.05. The van der Waals surface area contributed by atoms with E-state index in [0.717, 1.165) is 22.4 Å². The molecule has 1 N–H and O–H groups in total. The molecule has 3 aromatic rings. The smallest absolute Gasteiger partial charge is 0.0992 e. The van der Waals surface area contributed by atoms with Gasteiger partial charge in [-0.3, -0.25) is 0 Å². The van der Waals surface area contributed by atoms with Crippen molar-refractivity contribution >= 4 is 33.0 Å². The lowest BCUT2D eigenvalue weighted by Gasteiger charge is -2.12. The minimum Gasteiger partial charge on any atom is -0.378 e. The first kappa shape index (κ1) is 12.4. The Labute approximate surface area is 124 Å². The van der Waals surface area contributed by atoms with E-state index in [1.165, 1.54) is 4.88 Å². The molecule has 0 aliphatic rings. The first-order valence-electron chi connectivity index (χ1n) is 5.88. The highest BCUT2D eigenvalue weighted by Crippen LogP contribution is 2.25. The molecule has 19 heavy (non-hydrogen) atoms. The maximum absolute atomic E-state index is 4.09. The van der Waals surface area contributed by atoms with Crippen LogP contribution in [0.2, 0.25) is 0 Å². The van der Waals surface area contributed by atoms with E-state index in [1.807, 2.05) is 29.2 Å². The molecule has 0 fully saturated rings. The highest BCUT2D eigenvalue weighted by molar-refractivity contribution is 9.10. The van der Waals surface area contributed by atoms with Gasteiger partial charge in [-0.1, -0.05) is 12.1 Å². The van der Waals surface area contributed by atoms with Gasteiger partial charge in [0.2, 0.25) is 0 Å². The van der Waals surface area contributed by atoms with Crippen molar-refractivity contribution < 1.29 is 0 Å². The maximum atomic E-state index is 4.09. The van der Waals surface area contributed by atoms with Crippen molar-refractivity contribution in [3.63, 3.8) is 0 Å². The number of nitrogens with one attached hydrogen (secondary N) is 1. The lowest BCUT2D eigenvalue weighted by Crippen LogP contribution is -2.02. The number of anilines is 1. The molecule has 0 saturated carbocycles. The van der Waals surface area contributed by atoms with Gasteiger partial charge in [0.1, 0.15) is 0 Å². The summed E-state index contributed by atoms with van der Waals surface area (Å²) in [5, 5.41) is 5.56. The topological polar surface area (TPSA) is 29.9 Å². The Morgan fingerprint density at radius 2 is 2.16 bits per heavy atom. The number of halogens is 1. The molecule has 3 rings (SSSR count). The molecule has 0 radical (unpaired) electrons. The largest absolute Gasteiger partial charge is 0.378 e. The van der Waals surface area contributed by atoms with Gasteiger partial charge in [-0.15, -0.1) is 11.3 Å². The first-order chi connectivity index (χ1) is 9.34. The molecule has 3 nitrogen and oxygen atoms in total. The van der Waals surface area contributed by atoms with Gasteiger partial charge >= 0.3 is 0 Å². The highest BCUT2D eigenvalue weighted by atomic mass is 79.9. The van der Waals surface area contributed by atoms with E-state index in [4.69, 9.17) is 0 Å². The Morgan fingerprint density at radius 1 is 1.26 bits per heavy atom. The van der Waals surface area contributed by atoms with Crippen LogP contribution in [0.1, 0.15) is 4.88 Å². The summed E-state index contributed by atoms with van der Waals surface area (Å²) in [5.41, 5.74) is 2.20. The number of benzene rings is 1. The minimum absolute atomic E-state index is 0.809. The number of para-hydroxylation sites is 2. The standard InChI is InChI=1S/C14H12BrN3S/c15-11-5-8-19-14(11)9-17-12-3-1-2-4-13(12)18-7-6-16-10-18/h1-8,10,17H,9H2. The predicted octanol–water partition coefficient (Wildman–Crippen LogP) is 4.31. The van der Waals surface area contributed by atoms with Gasteiger partial charge in [0.25, 0.3) is 0 Å². The average Bonchev–Trinajstić information content (AvgIpc) is 3.08. The second kappa shape index (κ2) is 5.59. The number of imidazole rings is 1. The quantitative estimate of drug-likeness (QED) is 0.771. The van der Waals surface area contributed by atoms with Gasteiger partial charge in [-0.25, -0.2) is 4.98 Å². The fraction of sp³-hybridized carbons (Fsp3) is 0.0714. The molecule has 0 saturated heterocycles. The molecule has 0 amide bonds. The van der Waals surface area contributed by atoms with Gasteiger partial charge < -0.3 is 9.88 Å². The van der Waals surface area contributed by atoms with E-state index >= 15 is 0 Å². The van der Waals surface area contributed by atoms with Crippen molar-refractivity contribution in [3.05, 3.63) is 63.8 Å². The van der Waals surface area contributed by atoms with E-state index in [9.17, 15) is 0 Å².